The Morgan fingerprint density at radius 1 is 1.45 bits per heavy atom. The Kier molecular flexibility index (Phi) is 3.22. The van der Waals surface area contributed by atoms with E-state index in [4.69, 9.17) is 11.1 Å². The van der Waals surface area contributed by atoms with Crippen LogP contribution in [0.25, 0.3) is 0 Å². The van der Waals surface area contributed by atoms with Crippen LogP contribution in [-0.2, 0) is 6.54 Å². The molecule has 0 amide bonds. The van der Waals surface area contributed by atoms with E-state index in [9.17, 15) is 4.39 Å². The fraction of sp³-hybridized carbons (Fsp3) is 0.400. The summed E-state index contributed by atoms with van der Waals surface area (Å²) in [5, 5.41) is 9.64. The SMILES string of the molecule is CC1=C(C2CC2)N(Cc2ccccc2F)NC1C(=N)N. The summed E-state index contributed by atoms with van der Waals surface area (Å²) >= 11 is 0. The highest BCUT2D eigenvalue weighted by molar-refractivity contribution is 5.86. The molecule has 1 unspecified atom stereocenters. The molecule has 4 N–H and O–H groups in total. The van der Waals surface area contributed by atoms with Crippen molar-refractivity contribution in [3.8, 4) is 0 Å². The number of amidine groups is 1. The van der Waals surface area contributed by atoms with Gasteiger partial charge in [0.1, 0.15) is 17.7 Å². The summed E-state index contributed by atoms with van der Waals surface area (Å²) in [5.74, 6) is 0.434. The van der Waals surface area contributed by atoms with Gasteiger partial charge in [0.15, 0.2) is 0 Å². The van der Waals surface area contributed by atoms with Crippen molar-refractivity contribution in [1.29, 1.82) is 5.41 Å². The van der Waals surface area contributed by atoms with Crippen molar-refractivity contribution in [3.05, 3.63) is 46.9 Å². The number of hydrazine groups is 1. The molecule has 1 heterocycles. The Morgan fingerprint density at radius 2 is 2.15 bits per heavy atom. The van der Waals surface area contributed by atoms with Crippen molar-refractivity contribution in [2.75, 3.05) is 0 Å². The number of nitrogens with one attached hydrogen (secondary N) is 2. The van der Waals surface area contributed by atoms with Crippen LogP contribution in [0, 0.1) is 17.1 Å². The molecule has 20 heavy (non-hydrogen) atoms. The van der Waals surface area contributed by atoms with Crippen molar-refractivity contribution in [2.24, 2.45) is 11.7 Å². The van der Waals surface area contributed by atoms with E-state index < -0.39 is 0 Å². The molecule has 1 aromatic rings. The molecule has 1 fully saturated rings. The largest absolute Gasteiger partial charge is 0.386 e. The second-order valence-electron chi connectivity index (χ2n) is 5.54. The summed E-state index contributed by atoms with van der Waals surface area (Å²) in [6, 6.07) is 6.54. The third-order valence-electron chi connectivity index (χ3n) is 3.97. The van der Waals surface area contributed by atoms with E-state index in [1.165, 1.54) is 11.8 Å². The molecule has 0 spiro atoms. The maximum Gasteiger partial charge on any atom is 0.128 e. The van der Waals surface area contributed by atoms with Crippen molar-refractivity contribution in [3.63, 3.8) is 0 Å². The molecule has 1 saturated carbocycles. The molecular weight excluding hydrogens is 255 g/mol. The van der Waals surface area contributed by atoms with Crippen LogP contribution in [0.1, 0.15) is 25.3 Å². The number of benzene rings is 1. The van der Waals surface area contributed by atoms with Gasteiger partial charge in [0, 0.05) is 17.2 Å². The van der Waals surface area contributed by atoms with Gasteiger partial charge in [0.2, 0.25) is 0 Å². The highest BCUT2D eigenvalue weighted by Gasteiger charge is 2.39. The van der Waals surface area contributed by atoms with Gasteiger partial charge >= 0.3 is 0 Å². The highest BCUT2D eigenvalue weighted by atomic mass is 19.1. The summed E-state index contributed by atoms with van der Waals surface area (Å²) in [7, 11) is 0. The zero-order valence-electron chi connectivity index (χ0n) is 11.5. The molecule has 0 bridgehead atoms. The fourth-order valence-corrected chi connectivity index (χ4v) is 2.81. The number of halogens is 1. The van der Waals surface area contributed by atoms with E-state index in [0.717, 1.165) is 18.4 Å². The van der Waals surface area contributed by atoms with E-state index in [2.05, 4.69) is 5.43 Å². The van der Waals surface area contributed by atoms with Crippen molar-refractivity contribution >= 4 is 5.84 Å². The minimum Gasteiger partial charge on any atom is -0.386 e. The van der Waals surface area contributed by atoms with Gasteiger partial charge in [-0.3, -0.25) is 5.41 Å². The number of hydrogen-bond donors (Lipinski definition) is 3. The first-order chi connectivity index (χ1) is 9.58. The van der Waals surface area contributed by atoms with Gasteiger partial charge in [0.25, 0.3) is 0 Å². The van der Waals surface area contributed by atoms with Crippen molar-refractivity contribution < 1.29 is 4.39 Å². The predicted molar refractivity (Wildman–Crippen MR) is 76.2 cm³/mol. The van der Waals surface area contributed by atoms with Gasteiger partial charge in [-0.05, 0) is 31.4 Å². The van der Waals surface area contributed by atoms with Crippen LogP contribution in [0.3, 0.4) is 0 Å². The molecule has 0 saturated heterocycles. The number of hydrogen-bond acceptors (Lipinski definition) is 3. The number of nitrogens with zero attached hydrogens (tertiary/aromatic N) is 1. The van der Waals surface area contributed by atoms with E-state index in [1.54, 1.807) is 12.1 Å². The molecule has 1 aromatic carbocycles. The van der Waals surface area contributed by atoms with Crippen LogP contribution >= 0.6 is 0 Å². The van der Waals surface area contributed by atoms with Crippen LogP contribution in [-0.4, -0.2) is 16.9 Å². The van der Waals surface area contributed by atoms with E-state index in [0.29, 0.717) is 18.0 Å². The van der Waals surface area contributed by atoms with Gasteiger partial charge in [0.05, 0.1) is 6.54 Å². The van der Waals surface area contributed by atoms with Crippen LogP contribution in [0.2, 0.25) is 0 Å². The molecule has 4 nitrogen and oxygen atoms in total. The summed E-state index contributed by atoms with van der Waals surface area (Å²) < 4.78 is 13.8. The van der Waals surface area contributed by atoms with Crippen LogP contribution in [0.4, 0.5) is 4.39 Å². The minimum absolute atomic E-state index is 0.108. The van der Waals surface area contributed by atoms with Crippen LogP contribution in [0.5, 0.6) is 0 Å². The van der Waals surface area contributed by atoms with Gasteiger partial charge in [-0.1, -0.05) is 18.2 Å². The van der Waals surface area contributed by atoms with Crippen molar-refractivity contribution in [1.82, 2.24) is 10.4 Å². The summed E-state index contributed by atoms with van der Waals surface area (Å²) in [5.41, 5.74) is 11.8. The molecule has 2 aliphatic rings. The molecule has 0 aromatic heterocycles. The molecule has 1 atom stereocenters. The standard InChI is InChI=1S/C15H19FN4/c1-9-13(15(17)18)19-20(14(9)10-6-7-10)8-11-4-2-3-5-12(11)16/h2-5,10,13,19H,6-8H2,1H3,(H3,17,18). The van der Waals surface area contributed by atoms with Gasteiger partial charge in [-0.2, -0.15) is 0 Å². The first kappa shape index (κ1) is 13.1. The summed E-state index contributed by atoms with van der Waals surface area (Å²) in [4.78, 5) is 0. The Labute approximate surface area is 117 Å². The minimum atomic E-state index is -0.252. The summed E-state index contributed by atoms with van der Waals surface area (Å²) in [6.45, 7) is 2.47. The van der Waals surface area contributed by atoms with E-state index >= 15 is 0 Å². The van der Waals surface area contributed by atoms with Gasteiger partial charge in [-0.15, -0.1) is 0 Å². The zero-order valence-corrected chi connectivity index (χ0v) is 11.5. The molecule has 5 heteroatoms. The molecule has 106 valence electrons. The normalized spacial score (nSPS) is 22.5. The predicted octanol–water partition coefficient (Wildman–Crippen LogP) is 2.13. The summed E-state index contributed by atoms with van der Waals surface area (Å²) in [6.07, 6.45) is 2.32. The maximum atomic E-state index is 13.8. The number of rotatable bonds is 4. The third kappa shape index (κ3) is 2.29. The first-order valence-electron chi connectivity index (χ1n) is 6.89. The quantitative estimate of drug-likeness (QED) is 0.582. The van der Waals surface area contributed by atoms with E-state index in [1.807, 2.05) is 18.0 Å². The lowest BCUT2D eigenvalue weighted by Gasteiger charge is -2.24. The van der Waals surface area contributed by atoms with Gasteiger partial charge < -0.3 is 10.7 Å². The average Bonchev–Trinajstić information content (AvgIpc) is 3.17. The monoisotopic (exact) mass is 274 g/mol. The average molecular weight is 274 g/mol. The zero-order chi connectivity index (χ0) is 14.3. The Bertz CT molecular complexity index is 577. The molecule has 1 aliphatic carbocycles. The highest BCUT2D eigenvalue weighted by Crippen LogP contribution is 2.42. The lowest BCUT2D eigenvalue weighted by Crippen LogP contribution is -2.44. The first-order valence-corrected chi connectivity index (χ1v) is 6.89. The molecule has 1 aliphatic heterocycles. The molecule has 0 radical (unpaired) electrons. The number of allylic oxidation sites excluding steroid dienone is 1. The Hall–Kier alpha value is -1.88. The molecular formula is C15H19FN4. The second kappa shape index (κ2) is 4.90. The maximum absolute atomic E-state index is 13.8. The fourth-order valence-electron chi connectivity index (χ4n) is 2.81. The lowest BCUT2D eigenvalue weighted by molar-refractivity contribution is 0.246. The van der Waals surface area contributed by atoms with E-state index in [-0.39, 0.29) is 17.7 Å². The Morgan fingerprint density at radius 3 is 2.75 bits per heavy atom. The Balaban J connectivity index is 1.86. The van der Waals surface area contributed by atoms with Crippen LogP contribution in [0.15, 0.2) is 35.5 Å². The second-order valence-corrected chi connectivity index (χ2v) is 5.54. The smallest absolute Gasteiger partial charge is 0.128 e. The van der Waals surface area contributed by atoms with Gasteiger partial charge in [-0.25, -0.2) is 9.82 Å². The third-order valence-corrected chi connectivity index (χ3v) is 3.97. The topological polar surface area (TPSA) is 65.1 Å². The lowest BCUT2D eigenvalue weighted by atomic mass is 10.1. The number of nitrogens with two attached hydrogens (primary N) is 1. The molecule has 3 rings (SSSR count). The van der Waals surface area contributed by atoms with Crippen molar-refractivity contribution in [2.45, 2.75) is 32.4 Å². The van der Waals surface area contributed by atoms with Crippen LogP contribution < -0.4 is 11.2 Å².